The largest absolute Gasteiger partial charge is 0.494 e. The lowest BCUT2D eigenvalue weighted by Gasteiger charge is -2.22. The maximum atomic E-state index is 12.3. The molecule has 0 spiro atoms. The van der Waals surface area contributed by atoms with Gasteiger partial charge < -0.3 is 10.1 Å². The Hall–Kier alpha value is -2.54. The molecule has 2 aromatic rings. The smallest absolute Gasteiger partial charge is 0.240 e. The van der Waals surface area contributed by atoms with Gasteiger partial charge in [0.2, 0.25) is 15.9 Å². The van der Waals surface area contributed by atoms with E-state index in [9.17, 15) is 13.2 Å². The zero-order valence-corrected chi connectivity index (χ0v) is 19.0. The Morgan fingerprint density at radius 2 is 1.70 bits per heavy atom. The number of sulfonamides is 1. The molecule has 0 fully saturated rings. The number of rotatable bonds is 11. The summed E-state index contributed by atoms with van der Waals surface area (Å²) in [5.74, 6) is 0.830. The fraction of sp³-hybridized carbons (Fsp3) is 0.435. The van der Waals surface area contributed by atoms with Crippen LogP contribution >= 0.6 is 0 Å². The lowest BCUT2D eigenvalue weighted by atomic mass is 10.0. The number of benzene rings is 2. The van der Waals surface area contributed by atoms with E-state index >= 15 is 0 Å². The van der Waals surface area contributed by atoms with E-state index < -0.39 is 10.0 Å². The molecule has 0 bridgehead atoms. The molecule has 0 aliphatic carbocycles. The van der Waals surface area contributed by atoms with Crippen LogP contribution in [0.3, 0.4) is 0 Å². The Morgan fingerprint density at radius 1 is 1.07 bits per heavy atom. The number of carbonyl (C=O) groups is 1. The van der Waals surface area contributed by atoms with Gasteiger partial charge in [-0.25, -0.2) is 8.42 Å². The number of amides is 1. The van der Waals surface area contributed by atoms with Crippen molar-refractivity contribution in [2.45, 2.75) is 39.5 Å². The fourth-order valence-electron chi connectivity index (χ4n) is 3.05. The Balaban J connectivity index is 1.87. The molecule has 0 saturated heterocycles. The number of hydrogen-bond donors (Lipinski definition) is 1. The van der Waals surface area contributed by atoms with Gasteiger partial charge in [-0.3, -0.25) is 9.10 Å². The minimum Gasteiger partial charge on any atom is -0.494 e. The lowest BCUT2D eigenvalue weighted by molar-refractivity contribution is -0.119. The molecule has 1 amide bonds. The van der Waals surface area contributed by atoms with Crippen molar-refractivity contribution < 1.29 is 17.9 Å². The SMILES string of the molecule is CCOc1ccc(N(CC(=O)NCCCc2ccc(C(C)C)cc2)S(C)(=O)=O)cc1. The lowest BCUT2D eigenvalue weighted by Crippen LogP contribution is -2.40. The minimum absolute atomic E-state index is 0.254. The molecule has 0 aliphatic rings. The van der Waals surface area contributed by atoms with Crippen LogP contribution in [-0.2, 0) is 21.2 Å². The summed E-state index contributed by atoms with van der Waals surface area (Å²) in [5, 5.41) is 2.82. The molecule has 0 atom stereocenters. The van der Waals surface area contributed by atoms with Crippen molar-refractivity contribution in [3.8, 4) is 5.75 Å². The van der Waals surface area contributed by atoms with Gasteiger partial charge in [0.15, 0.2) is 0 Å². The van der Waals surface area contributed by atoms with Crippen molar-refractivity contribution in [3.05, 3.63) is 59.7 Å². The third-order valence-corrected chi connectivity index (χ3v) is 5.87. The second-order valence-corrected chi connectivity index (χ2v) is 9.45. The number of anilines is 1. The van der Waals surface area contributed by atoms with Crippen LogP contribution in [0.2, 0.25) is 0 Å². The zero-order chi connectivity index (χ0) is 22.1. The summed E-state index contributed by atoms with van der Waals surface area (Å²) in [5.41, 5.74) is 2.96. The van der Waals surface area contributed by atoms with Crippen LogP contribution in [0.4, 0.5) is 5.69 Å². The first kappa shape index (κ1) is 23.7. The first-order chi connectivity index (χ1) is 14.2. The first-order valence-corrected chi connectivity index (χ1v) is 12.1. The second-order valence-electron chi connectivity index (χ2n) is 7.55. The van der Waals surface area contributed by atoms with Gasteiger partial charge in [-0.05, 0) is 61.1 Å². The van der Waals surface area contributed by atoms with E-state index in [-0.39, 0.29) is 12.5 Å². The Kier molecular flexibility index (Phi) is 8.72. The van der Waals surface area contributed by atoms with Crippen LogP contribution in [0.25, 0.3) is 0 Å². The van der Waals surface area contributed by atoms with E-state index in [0.29, 0.717) is 30.5 Å². The van der Waals surface area contributed by atoms with Gasteiger partial charge in [0.05, 0.1) is 18.6 Å². The van der Waals surface area contributed by atoms with Crippen molar-refractivity contribution in [3.63, 3.8) is 0 Å². The van der Waals surface area contributed by atoms with Gasteiger partial charge in [-0.1, -0.05) is 38.1 Å². The highest BCUT2D eigenvalue weighted by molar-refractivity contribution is 7.92. The summed E-state index contributed by atoms with van der Waals surface area (Å²) in [6.45, 7) is 6.97. The maximum absolute atomic E-state index is 12.3. The summed E-state index contributed by atoms with van der Waals surface area (Å²) in [7, 11) is -3.59. The van der Waals surface area contributed by atoms with Gasteiger partial charge in [0, 0.05) is 6.54 Å². The van der Waals surface area contributed by atoms with Crippen LogP contribution in [0.1, 0.15) is 44.2 Å². The maximum Gasteiger partial charge on any atom is 0.240 e. The molecule has 0 unspecified atom stereocenters. The van der Waals surface area contributed by atoms with E-state index in [0.717, 1.165) is 23.4 Å². The molecule has 0 aromatic heterocycles. The van der Waals surface area contributed by atoms with Crippen LogP contribution in [0, 0.1) is 0 Å². The first-order valence-electron chi connectivity index (χ1n) is 10.3. The summed E-state index contributed by atoms with van der Waals surface area (Å²) in [6.07, 6.45) is 2.74. The van der Waals surface area contributed by atoms with Crippen LogP contribution in [0.15, 0.2) is 48.5 Å². The van der Waals surface area contributed by atoms with Crippen LogP contribution in [0.5, 0.6) is 5.75 Å². The summed E-state index contributed by atoms with van der Waals surface area (Å²) < 4.78 is 30.8. The van der Waals surface area contributed by atoms with Gasteiger partial charge >= 0.3 is 0 Å². The topological polar surface area (TPSA) is 75.7 Å². The van der Waals surface area contributed by atoms with E-state index in [4.69, 9.17) is 4.74 Å². The van der Waals surface area contributed by atoms with Crippen molar-refractivity contribution in [2.75, 3.05) is 30.3 Å². The molecular weight excluding hydrogens is 400 g/mol. The molecule has 0 radical (unpaired) electrons. The van der Waals surface area contributed by atoms with Crippen LogP contribution < -0.4 is 14.4 Å². The Labute approximate surface area is 180 Å². The Bertz CT molecular complexity index is 907. The number of nitrogens with one attached hydrogen (secondary N) is 1. The average molecular weight is 433 g/mol. The van der Waals surface area contributed by atoms with E-state index in [1.807, 2.05) is 6.92 Å². The molecule has 1 N–H and O–H groups in total. The third kappa shape index (κ3) is 7.37. The predicted octanol–water partition coefficient (Wildman–Crippen LogP) is 3.72. The molecule has 0 aliphatic heterocycles. The molecule has 0 saturated carbocycles. The van der Waals surface area contributed by atoms with E-state index in [1.54, 1.807) is 24.3 Å². The van der Waals surface area contributed by atoms with Crippen LogP contribution in [-0.4, -0.2) is 40.3 Å². The standard InChI is InChI=1S/C23H32N2O4S/c1-5-29-22-14-12-21(13-15-22)25(30(4,27)28)17-23(26)24-16-6-7-19-8-10-20(11-9-19)18(2)3/h8-15,18H,5-7,16-17H2,1-4H3,(H,24,26). The van der Waals surface area contributed by atoms with Gasteiger partial charge in [0.25, 0.3) is 0 Å². The fourth-order valence-corrected chi connectivity index (χ4v) is 3.91. The zero-order valence-electron chi connectivity index (χ0n) is 18.2. The molecule has 30 heavy (non-hydrogen) atoms. The predicted molar refractivity (Wildman–Crippen MR) is 122 cm³/mol. The monoisotopic (exact) mass is 432 g/mol. The number of hydrogen-bond acceptors (Lipinski definition) is 4. The number of carbonyl (C=O) groups excluding carboxylic acids is 1. The number of ether oxygens (including phenoxy) is 1. The average Bonchev–Trinajstić information content (AvgIpc) is 2.70. The molecule has 2 aromatic carbocycles. The van der Waals surface area contributed by atoms with Crippen molar-refractivity contribution >= 4 is 21.6 Å². The Morgan fingerprint density at radius 3 is 2.23 bits per heavy atom. The van der Waals surface area contributed by atoms with Gasteiger partial charge in [0.1, 0.15) is 12.3 Å². The molecular formula is C23H32N2O4S. The highest BCUT2D eigenvalue weighted by Crippen LogP contribution is 2.21. The quantitative estimate of drug-likeness (QED) is 0.549. The van der Waals surface area contributed by atoms with Crippen molar-refractivity contribution in [2.24, 2.45) is 0 Å². The van der Waals surface area contributed by atoms with Crippen molar-refractivity contribution in [1.82, 2.24) is 5.32 Å². The highest BCUT2D eigenvalue weighted by atomic mass is 32.2. The molecule has 6 nitrogen and oxygen atoms in total. The summed E-state index contributed by atoms with van der Waals surface area (Å²) in [4.78, 5) is 12.3. The molecule has 164 valence electrons. The number of aryl methyl sites for hydroxylation is 1. The molecule has 2 rings (SSSR count). The van der Waals surface area contributed by atoms with E-state index in [2.05, 4.69) is 43.4 Å². The minimum atomic E-state index is -3.59. The van der Waals surface area contributed by atoms with Crippen molar-refractivity contribution in [1.29, 1.82) is 0 Å². The van der Waals surface area contributed by atoms with E-state index in [1.165, 1.54) is 11.1 Å². The third-order valence-electron chi connectivity index (χ3n) is 4.73. The normalized spacial score (nSPS) is 11.4. The number of nitrogens with zero attached hydrogens (tertiary/aromatic N) is 1. The molecule has 7 heteroatoms. The summed E-state index contributed by atoms with van der Waals surface area (Å²) in [6, 6.07) is 15.2. The van der Waals surface area contributed by atoms with Gasteiger partial charge in [-0.2, -0.15) is 0 Å². The summed E-state index contributed by atoms with van der Waals surface area (Å²) >= 11 is 0. The van der Waals surface area contributed by atoms with Gasteiger partial charge in [-0.15, -0.1) is 0 Å². The molecule has 0 heterocycles. The highest BCUT2D eigenvalue weighted by Gasteiger charge is 2.20. The second kappa shape index (κ2) is 11.0.